The summed E-state index contributed by atoms with van der Waals surface area (Å²) in [6.07, 6.45) is 5.60. The zero-order valence-electron chi connectivity index (χ0n) is 8.82. The molecule has 0 aliphatic carbocycles. The maximum absolute atomic E-state index is 5.82. The van der Waals surface area contributed by atoms with E-state index in [1.807, 2.05) is 4.68 Å². The first kappa shape index (κ1) is 10.8. The van der Waals surface area contributed by atoms with Crippen LogP contribution >= 0.6 is 11.6 Å². The van der Waals surface area contributed by atoms with Gasteiger partial charge in [-0.15, -0.1) is 0 Å². The molecule has 0 saturated carbocycles. The molecule has 0 bridgehead atoms. The maximum Gasteiger partial charge on any atom is 0.164 e. The summed E-state index contributed by atoms with van der Waals surface area (Å²) in [4.78, 5) is 2.49. The SMILES string of the molecule is Nc1nn(CCCN2CCCC2)cc1Cl. The predicted octanol–water partition coefficient (Wildman–Crippen LogP) is 1.60. The van der Waals surface area contributed by atoms with Gasteiger partial charge in [-0.05, 0) is 38.9 Å². The van der Waals surface area contributed by atoms with Crippen molar-refractivity contribution in [3.63, 3.8) is 0 Å². The van der Waals surface area contributed by atoms with Crippen LogP contribution in [0.3, 0.4) is 0 Å². The van der Waals surface area contributed by atoms with Crippen LogP contribution in [0.5, 0.6) is 0 Å². The minimum Gasteiger partial charge on any atom is -0.381 e. The molecule has 1 fully saturated rings. The number of nitrogen functional groups attached to an aromatic ring is 1. The molecule has 0 unspecified atom stereocenters. The molecule has 5 heteroatoms. The van der Waals surface area contributed by atoms with E-state index in [-0.39, 0.29) is 0 Å². The highest BCUT2D eigenvalue weighted by Crippen LogP contribution is 2.15. The zero-order chi connectivity index (χ0) is 10.7. The Morgan fingerprint density at radius 1 is 1.33 bits per heavy atom. The lowest BCUT2D eigenvalue weighted by Gasteiger charge is -2.13. The Morgan fingerprint density at radius 2 is 2.07 bits per heavy atom. The lowest BCUT2D eigenvalue weighted by atomic mass is 10.4. The Morgan fingerprint density at radius 3 is 2.67 bits per heavy atom. The topological polar surface area (TPSA) is 47.1 Å². The van der Waals surface area contributed by atoms with Crippen molar-refractivity contribution >= 4 is 17.4 Å². The molecule has 2 rings (SSSR count). The number of halogens is 1. The third kappa shape index (κ3) is 2.86. The fourth-order valence-electron chi connectivity index (χ4n) is 1.99. The minimum absolute atomic E-state index is 0.429. The van der Waals surface area contributed by atoms with Gasteiger partial charge >= 0.3 is 0 Å². The number of aryl methyl sites for hydroxylation is 1. The number of rotatable bonds is 4. The van der Waals surface area contributed by atoms with Crippen LogP contribution in [-0.2, 0) is 6.54 Å². The summed E-state index contributed by atoms with van der Waals surface area (Å²) in [5.74, 6) is 0.429. The number of nitrogens with two attached hydrogens (primary N) is 1. The molecule has 0 radical (unpaired) electrons. The van der Waals surface area contributed by atoms with Gasteiger partial charge in [-0.3, -0.25) is 4.68 Å². The molecule has 0 amide bonds. The largest absolute Gasteiger partial charge is 0.381 e. The molecule has 84 valence electrons. The molecule has 2 heterocycles. The number of aromatic nitrogens is 2. The van der Waals surface area contributed by atoms with Crippen LogP contribution in [0, 0.1) is 0 Å². The van der Waals surface area contributed by atoms with E-state index in [1.165, 1.54) is 25.9 Å². The normalized spacial score (nSPS) is 17.4. The Labute approximate surface area is 95.0 Å². The highest BCUT2D eigenvalue weighted by Gasteiger charge is 2.10. The third-order valence-electron chi connectivity index (χ3n) is 2.80. The molecule has 0 atom stereocenters. The van der Waals surface area contributed by atoms with E-state index in [9.17, 15) is 0 Å². The number of likely N-dealkylation sites (tertiary alicyclic amines) is 1. The molecule has 0 aromatic carbocycles. The number of hydrogen-bond acceptors (Lipinski definition) is 3. The van der Waals surface area contributed by atoms with Gasteiger partial charge in [0.05, 0.1) is 0 Å². The summed E-state index contributed by atoms with van der Waals surface area (Å²) >= 11 is 5.82. The van der Waals surface area contributed by atoms with Crippen molar-refractivity contribution in [3.8, 4) is 0 Å². The summed E-state index contributed by atoms with van der Waals surface area (Å²) in [7, 11) is 0. The van der Waals surface area contributed by atoms with Crippen molar-refractivity contribution in [2.75, 3.05) is 25.4 Å². The summed E-state index contributed by atoms with van der Waals surface area (Å²) in [5.41, 5.74) is 5.56. The van der Waals surface area contributed by atoms with Gasteiger partial charge in [0.2, 0.25) is 0 Å². The Bertz CT molecular complexity index is 298. The van der Waals surface area contributed by atoms with Crippen molar-refractivity contribution in [1.82, 2.24) is 14.7 Å². The van der Waals surface area contributed by atoms with E-state index in [0.29, 0.717) is 10.8 Å². The van der Waals surface area contributed by atoms with Gasteiger partial charge in [-0.1, -0.05) is 11.6 Å². The van der Waals surface area contributed by atoms with Crippen LogP contribution in [0.4, 0.5) is 5.82 Å². The molecule has 15 heavy (non-hydrogen) atoms. The number of anilines is 1. The van der Waals surface area contributed by atoms with Gasteiger partial charge in [-0.2, -0.15) is 5.10 Å². The maximum atomic E-state index is 5.82. The summed E-state index contributed by atoms with van der Waals surface area (Å²) in [6.45, 7) is 4.55. The second kappa shape index (κ2) is 4.86. The molecule has 1 aromatic rings. The van der Waals surface area contributed by atoms with Crippen LogP contribution in [0.25, 0.3) is 0 Å². The number of nitrogens with zero attached hydrogens (tertiary/aromatic N) is 3. The van der Waals surface area contributed by atoms with Crippen LogP contribution in [0.15, 0.2) is 6.20 Å². The van der Waals surface area contributed by atoms with Gasteiger partial charge in [0, 0.05) is 12.7 Å². The fourth-order valence-corrected chi connectivity index (χ4v) is 2.14. The van der Waals surface area contributed by atoms with Crippen molar-refractivity contribution in [1.29, 1.82) is 0 Å². The van der Waals surface area contributed by atoms with E-state index in [1.54, 1.807) is 6.20 Å². The van der Waals surface area contributed by atoms with E-state index >= 15 is 0 Å². The Balaban J connectivity index is 1.73. The molecular formula is C10H17ClN4. The Hall–Kier alpha value is -0.740. The standard InChI is InChI=1S/C10H17ClN4/c11-9-8-15(13-10(9)12)7-3-6-14-4-1-2-5-14/h8H,1-7H2,(H2,12,13). The predicted molar refractivity (Wildman–Crippen MR) is 61.9 cm³/mol. The molecule has 1 aliphatic rings. The molecular weight excluding hydrogens is 212 g/mol. The molecule has 1 aromatic heterocycles. The Kier molecular flexibility index (Phi) is 3.49. The molecule has 1 saturated heterocycles. The average molecular weight is 229 g/mol. The summed E-state index contributed by atoms with van der Waals surface area (Å²) in [6, 6.07) is 0. The van der Waals surface area contributed by atoms with Gasteiger partial charge in [-0.25, -0.2) is 0 Å². The van der Waals surface area contributed by atoms with Gasteiger partial charge < -0.3 is 10.6 Å². The lowest BCUT2D eigenvalue weighted by Crippen LogP contribution is -2.21. The summed E-state index contributed by atoms with van der Waals surface area (Å²) in [5, 5.41) is 4.67. The van der Waals surface area contributed by atoms with Crippen molar-refractivity contribution in [2.24, 2.45) is 0 Å². The molecule has 2 N–H and O–H groups in total. The molecule has 1 aliphatic heterocycles. The van der Waals surface area contributed by atoms with Crippen molar-refractivity contribution in [2.45, 2.75) is 25.8 Å². The first-order valence-corrected chi connectivity index (χ1v) is 5.84. The number of hydrogen-bond donors (Lipinski definition) is 1. The monoisotopic (exact) mass is 228 g/mol. The first-order chi connectivity index (χ1) is 7.25. The average Bonchev–Trinajstić information content (AvgIpc) is 2.79. The van der Waals surface area contributed by atoms with Gasteiger partial charge in [0.25, 0.3) is 0 Å². The fraction of sp³-hybridized carbons (Fsp3) is 0.700. The minimum atomic E-state index is 0.429. The van der Waals surface area contributed by atoms with E-state index < -0.39 is 0 Å². The van der Waals surface area contributed by atoms with Crippen LogP contribution in [-0.4, -0.2) is 34.3 Å². The van der Waals surface area contributed by atoms with Crippen molar-refractivity contribution in [3.05, 3.63) is 11.2 Å². The zero-order valence-corrected chi connectivity index (χ0v) is 9.58. The third-order valence-corrected chi connectivity index (χ3v) is 3.09. The van der Waals surface area contributed by atoms with Crippen molar-refractivity contribution < 1.29 is 0 Å². The smallest absolute Gasteiger partial charge is 0.164 e. The second-order valence-electron chi connectivity index (χ2n) is 4.03. The second-order valence-corrected chi connectivity index (χ2v) is 4.43. The highest BCUT2D eigenvalue weighted by atomic mass is 35.5. The van der Waals surface area contributed by atoms with Crippen LogP contribution in [0.2, 0.25) is 5.02 Å². The van der Waals surface area contributed by atoms with Gasteiger partial charge in [0.1, 0.15) is 5.02 Å². The van der Waals surface area contributed by atoms with E-state index in [0.717, 1.165) is 19.5 Å². The van der Waals surface area contributed by atoms with Crippen LogP contribution < -0.4 is 5.73 Å². The first-order valence-electron chi connectivity index (χ1n) is 5.46. The van der Waals surface area contributed by atoms with Gasteiger partial charge in [0.15, 0.2) is 5.82 Å². The highest BCUT2D eigenvalue weighted by molar-refractivity contribution is 6.32. The van der Waals surface area contributed by atoms with Crippen LogP contribution in [0.1, 0.15) is 19.3 Å². The lowest BCUT2D eigenvalue weighted by molar-refractivity contribution is 0.322. The van der Waals surface area contributed by atoms with E-state index in [2.05, 4.69) is 10.00 Å². The molecule has 4 nitrogen and oxygen atoms in total. The summed E-state index contributed by atoms with van der Waals surface area (Å²) < 4.78 is 1.83. The van der Waals surface area contributed by atoms with E-state index in [4.69, 9.17) is 17.3 Å². The molecule has 0 spiro atoms. The quantitative estimate of drug-likeness (QED) is 0.852.